The molecule has 2 unspecified atom stereocenters. The Labute approximate surface area is 276 Å². The normalized spacial score (nSPS) is 22.8. The van der Waals surface area contributed by atoms with Crippen LogP contribution in [0.3, 0.4) is 0 Å². The Kier molecular flexibility index (Phi) is 12.6. The van der Waals surface area contributed by atoms with Gasteiger partial charge in [-0.3, -0.25) is 9.80 Å². The summed E-state index contributed by atoms with van der Waals surface area (Å²) in [5.74, 6) is 2.57. The van der Waals surface area contributed by atoms with Crippen LogP contribution in [0.25, 0.3) is 0 Å². The van der Waals surface area contributed by atoms with Crippen LogP contribution in [0.4, 0.5) is 0 Å². The van der Waals surface area contributed by atoms with Crippen LogP contribution in [0, 0.1) is 5.92 Å². The van der Waals surface area contributed by atoms with Crippen molar-refractivity contribution in [2.45, 2.75) is 64.6 Å². The Morgan fingerprint density at radius 3 is 1.89 bits per heavy atom. The predicted molar refractivity (Wildman–Crippen MR) is 183 cm³/mol. The molecule has 2 saturated heterocycles. The van der Waals surface area contributed by atoms with Crippen LogP contribution in [-0.2, 0) is 18.9 Å². The van der Waals surface area contributed by atoms with E-state index in [4.69, 9.17) is 28.7 Å². The number of hydrogen-bond donors (Lipinski definition) is 2. The maximum atomic E-state index is 6.35. The Morgan fingerprint density at radius 1 is 0.783 bits per heavy atom. The van der Waals surface area contributed by atoms with Crippen molar-refractivity contribution in [3.05, 3.63) is 53.4 Å². The summed E-state index contributed by atoms with van der Waals surface area (Å²) in [7, 11) is 0. The highest BCUT2D eigenvalue weighted by Gasteiger charge is 2.36. The van der Waals surface area contributed by atoms with E-state index in [1.165, 1.54) is 0 Å². The molecule has 1 aliphatic carbocycles. The van der Waals surface area contributed by atoms with Crippen molar-refractivity contribution in [1.29, 1.82) is 0 Å². The topological polar surface area (TPSA) is 89.1 Å². The third-order valence-electron chi connectivity index (χ3n) is 9.02. The summed E-state index contributed by atoms with van der Waals surface area (Å²) in [6.45, 7) is 23.8. The van der Waals surface area contributed by atoms with Crippen molar-refractivity contribution in [2.75, 3.05) is 92.0 Å². The van der Waals surface area contributed by atoms with Gasteiger partial charge in [0, 0.05) is 55.9 Å². The van der Waals surface area contributed by atoms with E-state index in [-0.39, 0.29) is 23.1 Å². The molecular formula is C36H57N5O5. The minimum atomic E-state index is -0.128. The first-order valence-corrected chi connectivity index (χ1v) is 17.3. The molecule has 0 saturated carbocycles. The maximum absolute atomic E-state index is 6.35. The number of ether oxygens (including phenoxy) is 5. The van der Waals surface area contributed by atoms with E-state index in [1.807, 2.05) is 30.3 Å². The molecule has 10 heteroatoms. The van der Waals surface area contributed by atoms with E-state index >= 15 is 0 Å². The zero-order valence-electron chi connectivity index (χ0n) is 28.8. The molecule has 10 nitrogen and oxygen atoms in total. The predicted octanol–water partition coefficient (Wildman–Crippen LogP) is 3.83. The lowest BCUT2D eigenvalue weighted by atomic mass is 9.95. The molecule has 4 aliphatic rings. The summed E-state index contributed by atoms with van der Waals surface area (Å²) >= 11 is 0. The van der Waals surface area contributed by atoms with Gasteiger partial charge in [0.25, 0.3) is 0 Å². The van der Waals surface area contributed by atoms with Gasteiger partial charge in [0.15, 0.2) is 6.10 Å². The van der Waals surface area contributed by atoms with Crippen LogP contribution in [-0.4, -0.2) is 125 Å². The van der Waals surface area contributed by atoms with E-state index in [0.717, 1.165) is 114 Å². The quantitative estimate of drug-likeness (QED) is 0.247. The highest BCUT2D eigenvalue weighted by Crippen LogP contribution is 2.34. The summed E-state index contributed by atoms with van der Waals surface area (Å²) in [5, 5.41) is 7.38. The summed E-state index contributed by atoms with van der Waals surface area (Å²) in [4.78, 5) is 9.75. The Morgan fingerprint density at radius 2 is 1.33 bits per heavy atom. The van der Waals surface area contributed by atoms with Crippen LogP contribution < -0.4 is 15.4 Å². The summed E-state index contributed by atoms with van der Waals surface area (Å²) in [5.41, 5.74) is 2.02. The third-order valence-corrected chi connectivity index (χ3v) is 9.02. The number of nitrogens with one attached hydrogen (secondary N) is 2. The number of fused-ring (bicyclic) bond motifs is 1. The second-order valence-electron chi connectivity index (χ2n) is 14.2. The molecule has 1 aromatic carbocycles. The molecule has 46 heavy (non-hydrogen) atoms. The molecule has 2 fully saturated rings. The van der Waals surface area contributed by atoms with Gasteiger partial charge in [0.05, 0.1) is 51.3 Å². The van der Waals surface area contributed by atoms with Gasteiger partial charge in [-0.05, 0) is 90.0 Å². The van der Waals surface area contributed by atoms with Gasteiger partial charge in [-0.1, -0.05) is 6.92 Å². The van der Waals surface area contributed by atoms with Crippen molar-refractivity contribution in [2.24, 2.45) is 10.9 Å². The minimum Gasteiger partial charge on any atom is -0.497 e. The second-order valence-corrected chi connectivity index (χ2v) is 14.2. The first-order valence-electron chi connectivity index (χ1n) is 17.3. The van der Waals surface area contributed by atoms with Gasteiger partial charge in [-0.25, -0.2) is 4.99 Å². The number of hydrogen-bond acceptors (Lipinski definition) is 10. The van der Waals surface area contributed by atoms with Crippen LogP contribution in [0.1, 0.15) is 53.0 Å². The molecule has 0 amide bonds. The van der Waals surface area contributed by atoms with Gasteiger partial charge < -0.3 is 34.3 Å². The number of aliphatic imine (C=N–C) groups is 1. The maximum Gasteiger partial charge on any atom is 0.221 e. The first-order chi connectivity index (χ1) is 22.2. The van der Waals surface area contributed by atoms with Crippen LogP contribution in [0.2, 0.25) is 0 Å². The average molecular weight is 640 g/mol. The van der Waals surface area contributed by atoms with E-state index in [2.05, 4.69) is 61.1 Å². The Bertz CT molecular complexity index is 1190. The molecular weight excluding hydrogens is 582 g/mol. The molecule has 2 N–H and O–H groups in total. The largest absolute Gasteiger partial charge is 0.497 e. The smallest absolute Gasteiger partial charge is 0.221 e. The lowest BCUT2D eigenvalue weighted by Gasteiger charge is -2.35. The standard InChI is InChI=1S/C36H57N5O5/c1-28-32(45-21-7-15-38-36(4,5)27-41-18-24-43-25-19-41)13-12-31-33(28)46-34(39-31)29-8-10-30(11-9-29)44-20-6-14-37-35(2,3)26-40-16-22-42-23-17-40/h8-13,28,33,37-38H,6-7,14-27H2,1-5H3. The highest BCUT2D eigenvalue weighted by atomic mass is 16.5. The average Bonchev–Trinajstić information content (AvgIpc) is 3.48. The molecule has 5 rings (SSSR count). The van der Waals surface area contributed by atoms with Gasteiger partial charge in [0.2, 0.25) is 5.90 Å². The molecule has 0 bridgehead atoms. The highest BCUT2D eigenvalue weighted by molar-refractivity contribution is 5.96. The number of benzene rings is 1. The van der Waals surface area contributed by atoms with Crippen molar-refractivity contribution >= 4 is 5.90 Å². The summed E-state index contributed by atoms with van der Waals surface area (Å²) < 4.78 is 29.6. The number of allylic oxidation sites excluding steroid dienone is 2. The van der Waals surface area contributed by atoms with Crippen LogP contribution >= 0.6 is 0 Å². The molecule has 0 aromatic heterocycles. The number of morpholine rings is 2. The fourth-order valence-corrected chi connectivity index (χ4v) is 6.48. The lowest BCUT2D eigenvalue weighted by molar-refractivity contribution is 0.0268. The molecule has 0 spiro atoms. The molecule has 1 aromatic rings. The van der Waals surface area contributed by atoms with Crippen LogP contribution in [0.5, 0.6) is 5.75 Å². The summed E-state index contributed by atoms with van der Waals surface area (Å²) in [6, 6.07) is 8.05. The van der Waals surface area contributed by atoms with E-state index in [9.17, 15) is 0 Å². The molecule has 3 aliphatic heterocycles. The van der Waals surface area contributed by atoms with Gasteiger partial charge in [0.1, 0.15) is 11.5 Å². The molecule has 256 valence electrons. The molecule has 3 heterocycles. The summed E-state index contributed by atoms with van der Waals surface area (Å²) in [6.07, 6.45) is 5.84. The van der Waals surface area contributed by atoms with Crippen molar-refractivity contribution < 1.29 is 23.7 Å². The van der Waals surface area contributed by atoms with Crippen molar-refractivity contribution in [3.8, 4) is 5.75 Å². The third kappa shape index (κ3) is 10.5. The number of rotatable bonds is 17. The number of nitrogens with zero attached hydrogens (tertiary/aromatic N) is 3. The van der Waals surface area contributed by atoms with Gasteiger partial charge >= 0.3 is 0 Å². The fourth-order valence-electron chi connectivity index (χ4n) is 6.48. The SMILES string of the molecule is CC1C(OCCCNC(C)(C)CN2CCOCC2)=CC=C2N=C(c3ccc(OCCCNC(C)(C)CN4CCOCC4)cc3)OC21. The van der Waals surface area contributed by atoms with E-state index in [1.54, 1.807) is 0 Å². The lowest BCUT2D eigenvalue weighted by Crippen LogP contribution is -2.52. The Hall–Kier alpha value is -2.47. The zero-order chi connectivity index (χ0) is 32.4. The van der Waals surface area contributed by atoms with E-state index < -0.39 is 0 Å². The molecule has 2 atom stereocenters. The fraction of sp³-hybridized carbons (Fsp3) is 0.694. The Balaban J connectivity index is 0.988. The van der Waals surface area contributed by atoms with E-state index in [0.29, 0.717) is 19.1 Å². The van der Waals surface area contributed by atoms with Crippen molar-refractivity contribution in [1.82, 2.24) is 20.4 Å². The van der Waals surface area contributed by atoms with Crippen LogP contribution in [0.15, 0.2) is 52.9 Å². The van der Waals surface area contributed by atoms with Gasteiger partial charge in [-0.2, -0.15) is 0 Å². The minimum absolute atomic E-state index is 0.0558. The van der Waals surface area contributed by atoms with Gasteiger partial charge in [-0.15, -0.1) is 0 Å². The molecule has 0 radical (unpaired) electrons. The second kappa shape index (κ2) is 16.6. The monoisotopic (exact) mass is 639 g/mol. The first kappa shape index (κ1) is 34.9. The zero-order valence-corrected chi connectivity index (χ0v) is 28.8. The van der Waals surface area contributed by atoms with Crippen molar-refractivity contribution in [3.63, 3.8) is 0 Å².